The average Bonchev–Trinajstić information content (AvgIpc) is 2.25. The monoisotopic (exact) mass is 212 g/mol. The van der Waals surface area contributed by atoms with E-state index in [1.807, 2.05) is 24.3 Å². The van der Waals surface area contributed by atoms with Crippen molar-refractivity contribution in [2.24, 2.45) is 0 Å². The highest BCUT2D eigenvalue weighted by Gasteiger charge is 1.97. The van der Waals surface area contributed by atoms with Gasteiger partial charge in [-0.15, -0.1) is 0 Å². The Kier molecular flexibility index (Phi) is 4.93. The Morgan fingerprint density at radius 3 is 2.27 bits per heavy atom. The largest absolute Gasteiger partial charge is 0.497 e. The number of aliphatic hydroxyl groups excluding tert-OH is 1. The summed E-state index contributed by atoms with van der Waals surface area (Å²) in [4.78, 5) is 0. The summed E-state index contributed by atoms with van der Waals surface area (Å²) in [5.41, 5.74) is 0. The van der Waals surface area contributed by atoms with Crippen molar-refractivity contribution < 1.29 is 19.3 Å². The molecule has 0 radical (unpaired) electrons. The Morgan fingerprint density at radius 1 is 1.13 bits per heavy atom. The maximum absolute atomic E-state index is 8.82. The van der Waals surface area contributed by atoms with E-state index in [2.05, 4.69) is 0 Å². The zero-order valence-corrected chi connectivity index (χ0v) is 8.97. The van der Waals surface area contributed by atoms with E-state index >= 15 is 0 Å². The molecule has 0 heterocycles. The molecule has 4 nitrogen and oxygen atoms in total. The van der Waals surface area contributed by atoms with Crippen LogP contribution in [0.5, 0.6) is 11.5 Å². The summed E-state index contributed by atoms with van der Waals surface area (Å²) in [5.74, 6) is 1.55. The SMILES string of the molecule is COc1ccc(OCCOC(C)O)cc1. The van der Waals surface area contributed by atoms with Crippen LogP contribution in [0.4, 0.5) is 0 Å². The summed E-state index contributed by atoms with van der Waals surface area (Å²) in [6, 6.07) is 7.29. The summed E-state index contributed by atoms with van der Waals surface area (Å²) in [6.45, 7) is 2.34. The summed E-state index contributed by atoms with van der Waals surface area (Å²) in [7, 11) is 1.62. The van der Waals surface area contributed by atoms with Crippen LogP contribution in [0.15, 0.2) is 24.3 Å². The van der Waals surface area contributed by atoms with E-state index < -0.39 is 6.29 Å². The van der Waals surface area contributed by atoms with E-state index in [0.717, 1.165) is 11.5 Å². The first-order valence-electron chi connectivity index (χ1n) is 4.79. The van der Waals surface area contributed by atoms with Gasteiger partial charge in [-0.3, -0.25) is 0 Å². The van der Waals surface area contributed by atoms with E-state index in [9.17, 15) is 0 Å². The van der Waals surface area contributed by atoms with Crippen LogP contribution >= 0.6 is 0 Å². The smallest absolute Gasteiger partial charge is 0.151 e. The van der Waals surface area contributed by atoms with Crippen molar-refractivity contribution in [1.29, 1.82) is 0 Å². The lowest BCUT2D eigenvalue weighted by Crippen LogP contribution is -2.13. The quantitative estimate of drug-likeness (QED) is 0.572. The maximum Gasteiger partial charge on any atom is 0.151 e. The molecule has 0 aliphatic rings. The van der Waals surface area contributed by atoms with Crippen molar-refractivity contribution in [2.75, 3.05) is 20.3 Å². The van der Waals surface area contributed by atoms with Crippen LogP contribution in [0, 0.1) is 0 Å². The van der Waals surface area contributed by atoms with Crippen LogP contribution in [0.3, 0.4) is 0 Å². The molecule has 1 atom stereocenters. The molecule has 0 bridgehead atoms. The number of rotatable bonds is 6. The molecule has 1 aromatic rings. The second-order valence-corrected chi connectivity index (χ2v) is 2.99. The van der Waals surface area contributed by atoms with Gasteiger partial charge in [-0.25, -0.2) is 0 Å². The van der Waals surface area contributed by atoms with Crippen molar-refractivity contribution in [3.05, 3.63) is 24.3 Å². The zero-order valence-electron chi connectivity index (χ0n) is 8.97. The fourth-order valence-electron chi connectivity index (χ4n) is 1.05. The van der Waals surface area contributed by atoms with Crippen LogP contribution < -0.4 is 9.47 Å². The van der Waals surface area contributed by atoms with Gasteiger partial charge >= 0.3 is 0 Å². The van der Waals surface area contributed by atoms with Gasteiger partial charge in [-0.2, -0.15) is 0 Å². The summed E-state index contributed by atoms with van der Waals surface area (Å²) in [6.07, 6.45) is -0.746. The molecule has 15 heavy (non-hydrogen) atoms. The van der Waals surface area contributed by atoms with E-state index in [1.54, 1.807) is 14.0 Å². The van der Waals surface area contributed by atoms with Crippen molar-refractivity contribution in [2.45, 2.75) is 13.2 Å². The van der Waals surface area contributed by atoms with Crippen molar-refractivity contribution >= 4 is 0 Å². The molecule has 0 saturated carbocycles. The number of ether oxygens (including phenoxy) is 3. The van der Waals surface area contributed by atoms with E-state index in [-0.39, 0.29) is 0 Å². The highest BCUT2D eigenvalue weighted by atomic mass is 16.6. The highest BCUT2D eigenvalue weighted by molar-refractivity contribution is 5.31. The Balaban J connectivity index is 2.25. The number of hydrogen-bond donors (Lipinski definition) is 1. The normalized spacial score (nSPS) is 12.2. The minimum Gasteiger partial charge on any atom is -0.497 e. The zero-order chi connectivity index (χ0) is 11.1. The Morgan fingerprint density at radius 2 is 1.73 bits per heavy atom. The van der Waals surface area contributed by atoms with Crippen LogP contribution in [-0.4, -0.2) is 31.7 Å². The molecule has 0 fully saturated rings. The summed E-state index contributed by atoms with van der Waals surface area (Å²) >= 11 is 0. The van der Waals surface area contributed by atoms with Crippen LogP contribution in [0.25, 0.3) is 0 Å². The molecule has 1 unspecified atom stereocenters. The van der Waals surface area contributed by atoms with Crippen LogP contribution in [-0.2, 0) is 4.74 Å². The molecule has 1 N–H and O–H groups in total. The summed E-state index contributed by atoms with van der Waals surface area (Å²) < 4.78 is 15.3. The Labute approximate surface area is 89.4 Å². The van der Waals surface area contributed by atoms with Crippen molar-refractivity contribution in [1.82, 2.24) is 0 Å². The minimum atomic E-state index is -0.746. The lowest BCUT2D eigenvalue weighted by Gasteiger charge is -2.08. The second-order valence-electron chi connectivity index (χ2n) is 2.99. The molecular weight excluding hydrogens is 196 g/mol. The van der Waals surface area contributed by atoms with Crippen LogP contribution in [0.1, 0.15) is 6.92 Å². The van der Waals surface area contributed by atoms with Gasteiger partial charge in [0.2, 0.25) is 0 Å². The lowest BCUT2D eigenvalue weighted by atomic mass is 10.3. The molecule has 0 aromatic heterocycles. The summed E-state index contributed by atoms with van der Waals surface area (Å²) in [5, 5.41) is 8.82. The standard InChI is InChI=1S/C11H16O4/c1-9(12)14-7-8-15-11-5-3-10(13-2)4-6-11/h3-6,9,12H,7-8H2,1-2H3. The first-order valence-corrected chi connectivity index (χ1v) is 4.79. The molecule has 0 amide bonds. The van der Waals surface area contributed by atoms with Gasteiger partial charge < -0.3 is 19.3 Å². The number of hydrogen-bond acceptors (Lipinski definition) is 4. The number of aliphatic hydroxyl groups is 1. The minimum absolute atomic E-state index is 0.365. The molecular formula is C11H16O4. The van der Waals surface area contributed by atoms with E-state index in [1.165, 1.54) is 0 Å². The van der Waals surface area contributed by atoms with Gasteiger partial charge in [0.1, 0.15) is 18.1 Å². The topological polar surface area (TPSA) is 47.9 Å². The lowest BCUT2D eigenvalue weighted by molar-refractivity contribution is -0.0913. The van der Waals surface area contributed by atoms with Gasteiger partial charge in [0.25, 0.3) is 0 Å². The second kappa shape index (κ2) is 6.27. The van der Waals surface area contributed by atoms with E-state index in [0.29, 0.717) is 13.2 Å². The molecule has 84 valence electrons. The van der Waals surface area contributed by atoms with Gasteiger partial charge in [-0.1, -0.05) is 0 Å². The van der Waals surface area contributed by atoms with Gasteiger partial charge in [0.15, 0.2) is 6.29 Å². The Bertz CT molecular complexity index is 268. The molecule has 0 saturated heterocycles. The van der Waals surface area contributed by atoms with Gasteiger partial charge in [0.05, 0.1) is 13.7 Å². The maximum atomic E-state index is 8.82. The highest BCUT2D eigenvalue weighted by Crippen LogP contribution is 2.16. The predicted octanol–water partition coefficient (Wildman–Crippen LogP) is 1.43. The molecule has 0 aliphatic carbocycles. The van der Waals surface area contributed by atoms with Crippen molar-refractivity contribution in [3.8, 4) is 11.5 Å². The Hall–Kier alpha value is -1.26. The third-order valence-corrected chi connectivity index (χ3v) is 1.77. The predicted molar refractivity (Wildman–Crippen MR) is 56.1 cm³/mol. The molecule has 0 spiro atoms. The molecule has 0 aliphatic heterocycles. The van der Waals surface area contributed by atoms with Gasteiger partial charge in [0, 0.05) is 0 Å². The third kappa shape index (κ3) is 4.67. The first-order chi connectivity index (χ1) is 7.22. The van der Waals surface area contributed by atoms with Crippen LogP contribution in [0.2, 0.25) is 0 Å². The molecule has 4 heteroatoms. The molecule has 1 aromatic carbocycles. The van der Waals surface area contributed by atoms with E-state index in [4.69, 9.17) is 19.3 Å². The van der Waals surface area contributed by atoms with Crippen molar-refractivity contribution in [3.63, 3.8) is 0 Å². The fourth-order valence-corrected chi connectivity index (χ4v) is 1.05. The van der Waals surface area contributed by atoms with Gasteiger partial charge in [-0.05, 0) is 31.2 Å². The molecule has 1 rings (SSSR count). The number of benzene rings is 1. The third-order valence-electron chi connectivity index (χ3n) is 1.77. The average molecular weight is 212 g/mol. The number of methoxy groups -OCH3 is 1. The fraction of sp³-hybridized carbons (Fsp3) is 0.455. The first kappa shape index (κ1) is 11.8.